The van der Waals surface area contributed by atoms with E-state index in [1.165, 1.54) is 10.9 Å². The minimum atomic E-state index is -0.180. The summed E-state index contributed by atoms with van der Waals surface area (Å²) >= 11 is 1.71. The van der Waals surface area contributed by atoms with Crippen LogP contribution in [-0.2, 0) is 0 Å². The number of rotatable bonds is 4. The second-order valence-electron chi connectivity index (χ2n) is 4.07. The van der Waals surface area contributed by atoms with E-state index in [4.69, 9.17) is 0 Å². The topological polar surface area (TPSA) is 12.0 Å². The Morgan fingerprint density at radius 2 is 2.22 bits per heavy atom. The van der Waals surface area contributed by atoms with Crippen molar-refractivity contribution in [3.63, 3.8) is 0 Å². The first-order valence-electron chi connectivity index (χ1n) is 6.06. The van der Waals surface area contributed by atoms with Gasteiger partial charge in [-0.2, -0.15) is 0 Å². The highest BCUT2D eigenvalue weighted by molar-refractivity contribution is 7.19. The van der Waals surface area contributed by atoms with Crippen molar-refractivity contribution in [3.8, 4) is 11.8 Å². The Bertz CT molecular complexity index is 591. The van der Waals surface area contributed by atoms with Gasteiger partial charge in [0.25, 0.3) is 0 Å². The molecule has 0 amide bonds. The third-order valence-corrected chi connectivity index (χ3v) is 4.00. The Morgan fingerprint density at radius 3 is 2.94 bits per heavy atom. The van der Waals surface area contributed by atoms with Crippen LogP contribution in [0.1, 0.15) is 31.2 Å². The van der Waals surface area contributed by atoms with Gasteiger partial charge in [-0.25, -0.2) is 4.39 Å². The van der Waals surface area contributed by atoms with Crippen LogP contribution in [0.3, 0.4) is 0 Å². The lowest BCUT2D eigenvalue weighted by molar-refractivity contribution is 0.574. The maximum atomic E-state index is 13.2. The SMILES string of the molecule is CC#CCC(NCC)c1cc2cc(F)ccc2s1. The summed E-state index contributed by atoms with van der Waals surface area (Å²) < 4.78 is 14.3. The molecule has 2 rings (SSSR count). The van der Waals surface area contributed by atoms with Crippen molar-refractivity contribution in [2.75, 3.05) is 6.54 Å². The van der Waals surface area contributed by atoms with Gasteiger partial charge in [0, 0.05) is 16.0 Å². The van der Waals surface area contributed by atoms with Crippen LogP contribution < -0.4 is 5.32 Å². The minimum absolute atomic E-state index is 0.180. The van der Waals surface area contributed by atoms with E-state index < -0.39 is 0 Å². The van der Waals surface area contributed by atoms with E-state index in [0.717, 1.165) is 23.1 Å². The molecule has 0 fully saturated rings. The zero-order valence-electron chi connectivity index (χ0n) is 10.6. The van der Waals surface area contributed by atoms with Gasteiger partial charge in [0.1, 0.15) is 5.82 Å². The van der Waals surface area contributed by atoms with Gasteiger partial charge in [-0.05, 0) is 43.1 Å². The monoisotopic (exact) mass is 261 g/mol. The van der Waals surface area contributed by atoms with E-state index in [0.29, 0.717) is 0 Å². The lowest BCUT2D eigenvalue weighted by atomic mass is 10.1. The fourth-order valence-corrected chi connectivity index (χ4v) is 3.05. The summed E-state index contributed by atoms with van der Waals surface area (Å²) in [7, 11) is 0. The van der Waals surface area contributed by atoms with Crippen LogP contribution in [0.2, 0.25) is 0 Å². The Morgan fingerprint density at radius 1 is 1.39 bits per heavy atom. The average Bonchev–Trinajstić information content (AvgIpc) is 2.77. The standard InChI is InChI=1S/C15H16FNS/c1-3-5-6-13(17-4-2)15-10-11-9-12(16)7-8-14(11)18-15/h7-10,13,17H,4,6H2,1-2H3. The highest BCUT2D eigenvalue weighted by Gasteiger charge is 2.12. The van der Waals surface area contributed by atoms with E-state index in [1.807, 2.05) is 13.0 Å². The van der Waals surface area contributed by atoms with E-state index in [-0.39, 0.29) is 11.9 Å². The molecule has 0 radical (unpaired) electrons. The maximum Gasteiger partial charge on any atom is 0.123 e. The van der Waals surface area contributed by atoms with Gasteiger partial charge in [0.05, 0.1) is 6.04 Å². The van der Waals surface area contributed by atoms with Crippen molar-refractivity contribution in [2.45, 2.75) is 26.3 Å². The Labute approximate surface area is 111 Å². The van der Waals surface area contributed by atoms with E-state index in [9.17, 15) is 4.39 Å². The molecule has 1 nitrogen and oxygen atoms in total. The molecule has 3 heteroatoms. The molecule has 2 aromatic rings. The van der Waals surface area contributed by atoms with Crippen LogP contribution in [0, 0.1) is 17.7 Å². The van der Waals surface area contributed by atoms with Crippen LogP contribution in [0.5, 0.6) is 0 Å². The van der Waals surface area contributed by atoms with Crippen molar-refractivity contribution >= 4 is 21.4 Å². The number of benzene rings is 1. The number of hydrogen-bond acceptors (Lipinski definition) is 2. The fourth-order valence-electron chi connectivity index (χ4n) is 1.93. The predicted molar refractivity (Wildman–Crippen MR) is 76.3 cm³/mol. The molecule has 1 aromatic carbocycles. The Balaban J connectivity index is 2.33. The molecular formula is C15H16FNS. The molecule has 1 unspecified atom stereocenters. The molecular weight excluding hydrogens is 245 g/mol. The molecule has 0 spiro atoms. The van der Waals surface area contributed by atoms with Gasteiger partial charge in [-0.3, -0.25) is 0 Å². The molecule has 0 aliphatic rings. The van der Waals surface area contributed by atoms with Gasteiger partial charge >= 0.3 is 0 Å². The van der Waals surface area contributed by atoms with Crippen molar-refractivity contribution in [3.05, 3.63) is 35.0 Å². The third kappa shape index (κ3) is 2.90. The summed E-state index contributed by atoms with van der Waals surface area (Å²) in [6.45, 7) is 4.83. The zero-order valence-corrected chi connectivity index (χ0v) is 11.4. The lowest BCUT2D eigenvalue weighted by Crippen LogP contribution is -2.19. The van der Waals surface area contributed by atoms with Gasteiger partial charge in [0.2, 0.25) is 0 Å². The first-order chi connectivity index (χ1) is 8.74. The lowest BCUT2D eigenvalue weighted by Gasteiger charge is -2.12. The first kappa shape index (κ1) is 13.1. The first-order valence-corrected chi connectivity index (χ1v) is 6.88. The Kier molecular flexibility index (Phi) is 4.35. The van der Waals surface area contributed by atoms with Crippen LogP contribution in [0.4, 0.5) is 4.39 Å². The summed E-state index contributed by atoms with van der Waals surface area (Å²) in [6.07, 6.45) is 0.791. The third-order valence-electron chi connectivity index (χ3n) is 2.77. The second-order valence-corrected chi connectivity index (χ2v) is 5.19. The highest BCUT2D eigenvalue weighted by atomic mass is 32.1. The second kappa shape index (κ2) is 5.99. The summed E-state index contributed by atoms with van der Waals surface area (Å²) in [5.74, 6) is 5.85. The van der Waals surface area contributed by atoms with Crippen molar-refractivity contribution in [1.29, 1.82) is 0 Å². The molecule has 0 bridgehead atoms. The van der Waals surface area contributed by atoms with E-state index >= 15 is 0 Å². The van der Waals surface area contributed by atoms with E-state index in [1.54, 1.807) is 17.4 Å². The van der Waals surface area contributed by atoms with Gasteiger partial charge in [-0.15, -0.1) is 23.2 Å². The highest BCUT2D eigenvalue weighted by Crippen LogP contribution is 2.31. The molecule has 94 valence electrons. The number of halogens is 1. The zero-order chi connectivity index (χ0) is 13.0. The number of thiophene rings is 1. The molecule has 1 aromatic heterocycles. The number of fused-ring (bicyclic) bond motifs is 1. The van der Waals surface area contributed by atoms with Crippen LogP contribution in [-0.4, -0.2) is 6.54 Å². The summed E-state index contributed by atoms with van der Waals surface area (Å²) in [5.41, 5.74) is 0. The summed E-state index contributed by atoms with van der Waals surface area (Å²) in [4.78, 5) is 1.22. The largest absolute Gasteiger partial charge is 0.309 e. The molecule has 0 aliphatic carbocycles. The van der Waals surface area contributed by atoms with Crippen LogP contribution >= 0.6 is 11.3 Å². The van der Waals surface area contributed by atoms with E-state index in [2.05, 4.69) is 30.1 Å². The number of nitrogens with one attached hydrogen (secondary N) is 1. The summed E-state index contributed by atoms with van der Waals surface area (Å²) in [6, 6.07) is 7.24. The number of hydrogen-bond donors (Lipinski definition) is 1. The van der Waals surface area contributed by atoms with Crippen molar-refractivity contribution in [2.24, 2.45) is 0 Å². The molecule has 1 N–H and O–H groups in total. The molecule has 0 aliphatic heterocycles. The summed E-state index contributed by atoms with van der Waals surface area (Å²) in [5, 5.41) is 4.40. The molecule has 18 heavy (non-hydrogen) atoms. The fraction of sp³-hybridized carbons (Fsp3) is 0.333. The normalized spacial score (nSPS) is 12.2. The van der Waals surface area contributed by atoms with Gasteiger partial charge < -0.3 is 5.32 Å². The maximum absolute atomic E-state index is 13.2. The molecule has 1 atom stereocenters. The molecule has 1 heterocycles. The Hall–Kier alpha value is -1.37. The average molecular weight is 261 g/mol. The van der Waals surface area contributed by atoms with Crippen LogP contribution in [0.15, 0.2) is 24.3 Å². The quantitative estimate of drug-likeness (QED) is 0.817. The van der Waals surface area contributed by atoms with Crippen molar-refractivity contribution in [1.82, 2.24) is 5.32 Å². The van der Waals surface area contributed by atoms with Crippen LogP contribution in [0.25, 0.3) is 10.1 Å². The minimum Gasteiger partial charge on any atom is -0.309 e. The molecule has 0 saturated carbocycles. The smallest absolute Gasteiger partial charge is 0.123 e. The van der Waals surface area contributed by atoms with Gasteiger partial charge in [-0.1, -0.05) is 6.92 Å². The van der Waals surface area contributed by atoms with Crippen molar-refractivity contribution < 1.29 is 4.39 Å². The van der Waals surface area contributed by atoms with Gasteiger partial charge in [0.15, 0.2) is 0 Å². The predicted octanol–water partition coefficient (Wildman–Crippen LogP) is 4.10. The molecule has 0 saturated heterocycles.